The molecule has 0 aromatic carbocycles. The number of nitrogens with zero attached hydrogens (tertiary/aromatic N) is 4. The summed E-state index contributed by atoms with van der Waals surface area (Å²) in [6.07, 6.45) is 11.0. The van der Waals surface area contributed by atoms with E-state index in [1.54, 1.807) is 0 Å². The smallest absolute Gasteiger partial charge is 0.228 e. The van der Waals surface area contributed by atoms with Gasteiger partial charge in [0.15, 0.2) is 5.16 Å². The van der Waals surface area contributed by atoms with Crippen molar-refractivity contribution in [3.05, 3.63) is 12.2 Å². The Morgan fingerprint density at radius 3 is 2.71 bits per heavy atom. The fraction of sp³-hybridized carbons (Fsp3) is 0.733. The van der Waals surface area contributed by atoms with E-state index in [9.17, 15) is 0 Å². The summed E-state index contributed by atoms with van der Waals surface area (Å²) in [4.78, 5) is 2.33. The predicted molar refractivity (Wildman–Crippen MR) is 84.0 cm³/mol. The lowest BCUT2D eigenvalue weighted by Crippen LogP contribution is -2.38. The summed E-state index contributed by atoms with van der Waals surface area (Å²) >= 11 is 1.89. The highest BCUT2D eigenvalue weighted by Gasteiger charge is 2.32. The Kier molecular flexibility index (Phi) is 3.90. The van der Waals surface area contributed by atoms with Crippen LogP contribution in [0.3, 0.4) is 0 Å². The molecule has 1 atom stereocenters. The van der Waals surface area contributed by atoms with Gasteiger partial charge in [-0.2, -0.15) is 0 Å². The average molecular weight is 306 g/mol. The number of thioether (sulfide) groups is 1. The fourth-order valence-electron chi connectivity index (χ4n) is 3.00. The molecule has 21 heavy (non-hydrogen) atoms. The highest BCUT2D eigenvalue weighted by molar-refractivity contribution is 7.99. The molecule has 114 valence electrons. The number of rotatable bonds is 4. The van der Waals surface area contributed by atoms with Crippen molar-refractivity contribution < 1.29 is 4.74 Å². The van der Waals surface area contributed by atoms with Gasteiger partial charge < -0.3 is 9.64 Å². The van der Waals surface area contributed by atoms with E-state index in [4.69, 9.17) is 4.74 Å². The Bertz CT molecular complexity index is 520. The molecule has 0 bridgehead atoms. The number of hydrogen-bond acceptors (Lipinski definition) is 5. The third-order valence-electron chi connectivity index (χ3n) is 4.32. The number of aromatic nitrogens is 3. The zero-order valence-electron chi connectivity index (χ0n) is 12.3. The van der Waals surface area contributed by atoms with Crippen molar-refractivity contribution in [1.29, 1.82) is 0 Å². The SMILES string of the molecule is C1=C[C@@H](Sc2nnc(N3CCOCC3)n2C2CC2)CCC1. The van der Waals surface area contributed by atoms with Crippen LogP contribution in [0.4, 0.5) is 5.95 Å². The Morgan fingerprint density at radius 1 is 1.14 bits per heavy atom. The van der Waals surface area contributed by atoms with Crippen molar-refractivity contribution in [3.8, 4) is 0 Å². The monoisotopic (exact) mass is 306 g/mol. The van der Waals surface area contributed by atoms with Gasteiger partial charge in [-0.1, -0.05) is 23.9 Å². The van der Waals surface area contributed by atoms with Crippen LogP contribution in [-0.2, 0) is 4.74 Å². The van der Waals surface area contributed by atoms with Crippen molar-refractivity contribution >= 4 is 17.7 Å². The van der Waals surface area contributed by atoms with Gasteiger partial charge in [0, 0.05) is 24.4 Å². The quantitative estimate of drug-likeness (QED) is 0.800. The van der Waals surface area contributed by atoms with Crippen molar-refractivity contribution in [3.63, 3.8) is 0 Å². The largest absolute Gasteiger partial charge is 0.378 e. The second kappa shape index (κ2) is 6.01. The molecule has 0 spiro atoms. The van der Waals surface area contributed by atoms with Gasteiger partial charge in [-0.05, 0) is 32.1 Å². The van der Waals surface area contributed by atoms with Crippen LogP contribution in [0.25, 0.3) is 0 Å². The molecule has 5 nitrogen and oxygen atoms in total. The average Bonchev–Trinajstić information content (AvgIpc) is 3.30. The van der Waals surface area contributed by atoms with Crippen LogP contribution < -0.4 is 4.90 Å². The maximum atomic E-state index is 5.45. The van der Waals surface area contributed by atoms with E-state index in [-0.39, 0.29) is 0 Å². The van der Waals surface area contributed by atoms with E-state index < -0.39 is 0 Å². The summed E-state index contributed by atoms with van der Waals surface area (Å²) in [6, 6.07) is 0.618. The van der Waals surface area contributed by atoms with Gasteiger partial charge in [0.2, 0.25) is 5.95 Å². The molecule has 2 aliphatic carbocycles. The molecule has 6 heteroatoms. The number of hydrogen-bond donors (Lipinski definition) is 0. The minimum Gasteiger partial charge on any atom is -0.378 e. The number of morpholine rings is 1. The molecule has 0 amide bonds. The summed E-state index contributed by atoms with van der Waals surface area (Å²) in [6.45, 7) is 3.45. The Morgan fingerprint density at radius 2 is 2.00 bits per heavy atom. The number of anilines is 1. The van der Waals surface area contributed by atoms with Crippen molar-refractivity contribution in [1.82, 2.24) is 14.8 Å². The van der Waals surface area contributed by atoms with E-state index in [1.165, 1.54) is 32.1 Å². The molecule has 3 aliphatic rings. The molecule has 1 aliphatic heterocycles. The number of allylic oxidation sites excluding steroid dienone is 1. The fourth-order valence-corrected chi connectivity index (χ4v) is 4.17. The van der Waals surface area contributed by atoms with E-state index >= 15 is 0 Å². The second-order valence-electron chi connectivity index (χ2n) is 6.00. The minimum absolute atomic E-state index is 0.568. The van der Waals surface area contributed by atoms with E-state index in [1.807, 2.05) is 11.8 Å². The summed E-state index contributed by atoms with van der Waals surface area (Å²) in [5, 5.41) is 10.7. The van der Waals surface area contributed by atoms with Crippen molar-refractivity contribution in [2.24, 2.45) is 0 Å². The van der Waals surface area contributed by atoms with Crippen molar-refractivity contribution in [2.45, 2.75) is 48.6 Å². The zero-order chi connectivity index (χ0) is 14.1. The Hall–Kier alpha value is -1.01. The molecule has 0 unspecified atom stereocenters. The van der Waals surface area contributed by atoms with Gasteiger partial charge in [0.1, 0.15) is 0 Å². The third kappa shape index (κ3) is 2.97. The predicted octanol–water partition coefficient (Wildman–Crippen LogP) is 2.65. The van der Waals surface area contributed by atoms with Crippen LogP contribution in [0.15, 0.2) is 17.3 Å². The van der Waals surface area contributed by atoms with Gasteiger partial charge in [0.25, 0.3) is 0 Å². The maximum absolute atomic E-state index is 5.45. The first-order valence-corrected chi connectivity index (χ1v) is 8.91. The first-order chi connectivity index (χ1) is 10.4. The summed E-state index contributed by atoms with van der Waals surface area (Å²) < 4.78 is 7.84. The summed E-state index contributed by atoms with van der Waals surface area (Å²) in [7, 11) is 0. The zero-order valence-corrected chi connectivity index (χ0v) is 13.1. The molecule has 2 fully saturated rings. The molecule has 1 saturated carbocycles. The van der Waals surface area contributed by atoms with Crippen LogP contribution in [-0.4, -0.2) is 46.3 Å². The molecule has 1 aromatic heterocycles. The Balaban J connectivity index is 1.57. The summed E-state index contributed by atoms with van der Waals surface area (Å²) in [5.74, 6) is 1.06. The number of ether oxygens (including phenoxy) is 1. The van der Waals surface area contributed by atoms with E-state index in [0.29, 0.717) is 11.3 Å². The first kappa shape index (κ1) is 13.6. The van der Waals surface area contributed by atoms with E-state index in [0.717, 1.165) is 37.4 Å². The third-order valence-corrected chi connectivity index (χ3v) is 5.50. The van der Waals surface area contributed by atoms with Crippen LogP contribution in [0.5, 0.6) is 0 Å². The van der Waals surface area contributed by atoms with Gasteiger partial charge in [-0.3, -0.25) is 4.57 Å². The topological polar surface area (TPSA) is 43.2 Å². The lowest BCUT2D eigenvalue weighted by molar-refractivity contribution is 0.121. The molecule has 2 heterocycles. The van der Waals surface area contributed by atoms with Crippen LogP contribution in [0, 0.1) is 0 Å². The van der Waals surface area contributed by atoms with Crippen LogP contribution in [0.2, 0.25) is 0 Å². The molecule has 0 radical (unpaired) electrons. The first-order valence-electron chi connectivity index (χ1n) is 8.03. The molecule has 1 saturated heterocycles. The molecule has 4 rings (SSSR count). The van der Waals surface area contributed by atoms with Gasteiger partial charge in [0.05, 0.1) is 13.2 Å². The standard InChI is InChI=1S/C15H22N4OS/c1-2-4-13(5-3-1)21-15-17-16-14(19(15)12-6-7-12)18-8-10-20-11-9-18/h2,4,12-13H,1,3,5-11H2/t13-/m1/s1. The Labute approximate surface area is 129 Å². The van der Waals surface area contributed by atoms with Gasteiger partial charge in [-0.15, -0.1) is 10.2 Å². The minimum atomic E-state index is 0.568. The molecule has 0 N–H and O–H groups in total. The lowest BCUT2D eigenvalue weighted by atomic mass is 10.1. The van der Waals surface area contributed by atoms with Gasteiger partial charge in [-0.25, -0.2) is 0 Å². The molecular weight excluding hydrogens is 284 g/mol. The van der Waals surface area contributed by atoms with Crippen LogP contribution in [0.1, 0.15) is 38.1 Å². The maximum Gasteiger partial charge on any atom is 0.228 e. The molecular formula is C15H22N4OS. The summed E-state index contributed by atoms with van der Waals surface area (Å²) in [5.41, 5.74) is 0. The molecule has 1 aromatic rings. The highest BCUT2D eigenvalue weighted by Crippen LogP contribution is 2.42. The highest BCUT2D eigenvalue weighted by atomic mass is 32.2. The van der Waals surface area contributed by atoms with Crippen LogP contribution >= 0.6 is 11.8 Å². The van der Waals surface area contributed by atoms with E-state index in [2.05, 4.69) is 31.8 Å². The normalized spacial score (nSPS) is 26.3. The second-order valence-corrected chi connectivity index (χ2v) is 7.20. The van der Waals surface area contributed by atoms with Gasteiger partial charge >= 0.3 is 0 Å². The lowest BCUT2D eigenvalue weighted by Gasteiger charge is -2.28. The van der Waals surface area contributed by atoms with Crippen molar-refractivity contribution in [2.75, 3.05) is 31.2 Å².